The summed E-state index contributed by atoms with van der Waals surface area (Å²) in [4.78, 5) is 17.7. The maximum Gasteiger partial charge on any atom is 0.170 e. The molecular formula is C15H18N2OS. The Hall–Kier alpha value is -1.55. The van der Waals surface area contributed by atoms with Crippen LogP contribution in [0.25, 0.3) is 0 Å². The van der Waals surface area contributed by atoms with Crippen molar-refractivity contribution in [1.29, 1.82) is 0 Å². The number of Topliss-reactive ketones (excluding diaryl/α,β-unsaturated/α-hetero) is 1. The number of hydrogen-bond donors (Lipinski definition) is 0. The molecular weight excluding hydrogens is 256 g/mol. The second-order valence-electron chi connectivity index (χ2n) is 4.37. The van der Waals surface area contributed by atoms with Crippen LogP contribution < -0.4 is 0 Å². The van der Waals surface area contributed by atoms with Gasteiger partial charge in [0.25, 0.3) is 0 Å². The highest BCUT2D eigenvalue weighted by molar-refractivity contribution is 7.98. The lowest BCUT2D eigenvalue weighted by Crippen LogP contribution is -2.10. The molecule has 0 radical (unpaired) electrons. The average Bonchev–Trinajstić information content (AvgIpc) is 2.86. The minimum absolute atomic E-state index is 0.121. The van der Waals surface area contributed by atoms with Gasteiger partial charge < -0.3 is 4.57 Å². The molecule has 0 atom stereocenters. The Morgan fingerprint density at radius 2 is 2.05 bits per heavy atom. The molecule has 100 valence electrons. The fourth-order valence-electron chi connectivity index (χ4n) is 1.97. The Bertz CT molecular complexity index is 546. The lowest BCUT2D eigenvalue weighted by molar-refractivity contribution is 0.0989. The van der Waals surface area contributed by atoms with Crippen molar-refractivity contribution in [2.45, 2.75) is 31.2 Å². The van der Waals surface area contributed by atoms with Crippen LogP contribution in [0.15, 0.2) is 41.6 Å². The fourth-order valence-corrected chi connectivity index (χ4v) is 2.38. The number of aromatic nitrogens is 2. The van der Waals surface area contributed by atoms with Gasteiger partial charge in [0.05, 0.1) is 6.42 Å². The van der Waals surface area contributed by atoms with Crippen LogP contribution in [0.2, 0.25) is 0 Å². The maximum absolute atomic E-state index is 12.2. The Balaban J connectivity index is 2.09. The van der Waals surface area contributed by atoms with Crippen LogP contribution in [0.3, 0.4) is 0 Å². The number of thioether (sulfide) groups is 1. The molecule has 2 aromatic rings. The van der Waals surface area contributed by atoms with Crippen LogP contribution >= 0.6 is 11.8 Å². The summed E-state index contributed by atoms with van der Waals surface area (Å²) in [5, 5.41) is 0. The first-order valence-corrected chi connectivity index (χ1v) is 7.64. The predicted octanol–water partition coefficient (Wildman–Crippen LogP) is 3.44. The molecule has 0 N–H and O–H groups in total. The van der Waals surface area contributed by atoms with Crippen molar-refractivity contribution >= 4 is 17.5 Å². The molecule has 0 fully saturated rings. The van der Waals surface area contributed by atoms with Gasteiger partial charge in [-0.25, -0.2) is 4.98 Å². The zero-order chi connectivity index (χ0) is 13.7. The summed E-state index contributed by atoms with van der Waals surface area (Å²) >= 11 is 1.68. The van der Waals surface area contributed by atoms with Gasteiger partial charge in [0.1, 0.15) is 5.82 Å². The van der Waals surface area contributed by atoms with Gasteiger partial charge in [-0.15, -0.1) is 11.8 Å². The van der Waals surface area contributed by atoms with Crippen molar-refractivity contribution in [2.75, 3.05) is 6.26 Å². The van der Waals surface area contributed by atoms with Crippen molar-refractivity contribution < 1.29 is 4.79 Å². The topological polar surface area (TPSA) is 34.9 Å². The summed E-state index contributed by atoms with van der Waals surface area (Å²) in [7, 11) is 0. The Kier molecular flexibility index (Phi) is 4.80. The summed E-state index contributed by atoms with van der Waals surface area (Å²) in [5.74, 6) is 0.969. The second kappa shape index (κ2) is 6.57. The molecule has 1 aromatic carbocycles. The van der Waals surface area contributed by atoms with E-state index in [1.807, 2.05) is 41.3 Å². The minimum atomic E-state index is 0.121. The molecule has 0 bridgehead atoms. The predicted molar refractivity (Wildman–Crippen MR) is 78.8 cm³/mol. The van der Waals surface area contributed by atoms with Crippen molar-refractivity contribution in [3.63, 3.8) is 0 Å². The van der Waals surface area contributed by atoms with E-state index in [0.717, 1.165) is 24.4 Å². The molecule has 0 aliphatic rings. The lowest BCUT2D eigenvalue weighted by Gasteiger charge is -2.06. The van der Waals surface area contributed by atoms with Crippen molar-refractivity contribution in [3.05, 3.63) is 48.0 Å². The van der Waals surface area contributed by atoms with E-state index in [4.69, 9.17) is 0 Å². The molecule has 2 rings (SSSR count). The van der Waals surface area contributed by atoms with Gasteiger partial charge in [-0.05, 0) is 24.8 Å². The summed E-state index contributed by atoms with van der Waals surface area (Å²) in [6, 6.07) is 7.75. The molecule has 3 nitrogen and oxygen atoms in total. The zero-order valence-corrected chi connectivity index (χ0v) is 12.1. The van der Waals surface area contributed by atoms with Gasteiger partial charge in [0.2, 0.25) is 0 Å². The lowest BCUT2D eigenvalue weighted by atomic mass is 10.1. The zero-order valence-electron chi connectivity index (χ0n) is 11.3. The summed E-state index contributed by atoms with van der Waals surface area (Å²) < 4.78 is 2.05. The largest absolute Gasteiger partial charge is 0.335 e. The van der Waals surface area contributed by atoms with E-state index >= 15 is 0 Å². The Morgan fingerprint density at radius 1 is 1.32 bits per heavy atom. The van der Waals surface area contributed by atoms with Gasteiger partial charge in [0, 0.05) is 29.4 Å². The van der Waals surface area contributed by atoms with Crippen LogP contribution in [-0.2, 0) is 13.0 Å². The molecule has 1 aromatic heterocycles. The number of imidazole rings is 1. The molecule has 19 heavy (non-hydrogen) atoms. The van der Waals surface area contributed by atoms with E-state index in [0.29, 0.717) is 6.42 Å². The first kappa shape index (κ1) is 13.9. The molecule has 0 amide bonds. The average molecular weight is 274 g/mol. The van der Waals surface area contributed by atoms with E-state index < -0.39 is 0 Å². The SMILES string of the molecule is CCCn1ccnc1CC(=O)c1ccc(SC)cc1. The first-order chi connectivity index (χ1) is 9.24. The monoisotopic (exact) mass is 274 g/mol. The number of ketones is 1. The molecule has 4 heteroatoms. The smallest absolute Gasteiger partial charge is 0.170 e. The van der Waals surface area contributed by atoms with Gasteiger partial charge in [-0.1, -0.05) is 19.1 Å². The number of benzene rings is 1. The third kappa shape index (κ3) is 3.47. The van der Waals surface area contributed by atoms with Crippen LogP contribution in [0.5, 0.6) is 0 Å². The summed E-state index contributed by atoms with van der Waals surface area (Å²) in [5.41, 5.74) is 0.754. The van der Waals surface area contributed by atoms with E-state index in [-0.39, 0.29) is 5.78 Å². The van der Waals surface area contributed by atoms with Crippen molar-refractivity contribution in [2.24, 2.45) is 0 Å². The van der Waals surface area contributed by atoms with Crippen LogP contribution in [0.4, 0.5) is 0 Å². The summed E-state index contributed by atoms with van der Waals surface area (Å²) in [6.45, 7) is 3.03. The van der Waals surface area contributed by atoms with E-state index in [1.165, 1.54) is 4.90 Å². The van der Waals surface area contributed by atoms with E-state index in [2.05, 4.69) is 11.9 Å². The third-order valence-electron chi connectivity index (χ3n) is 3.00. The van der Waals surface area contributed by atoms with Crippen LogP contribution in [0.1, 0.15) is 29.5 Å². The van der Waals surface area contributed by atoms with Crippen molar-refractivity contribution in [1.82, 2.24) is 9.55 Å². The highest BCUT2D eigenvalue weighted by Gasteiger charge is 2.11. The van der Waals surface area contributed by atoms with Gasteiger partial charge in [-0.2, -0.15) is 0 Å². The van der Waals surface area contributed by atoms with Gasteiger partial charge >= 0.3 is 0 Å². The molecule has 0 spiro atoms. The minimum Gasteiger partial charge on any atom is -0.335 e. The molecule has 0 saturated heterocycles. The third-order valence-corrected chi connectivity index (χ3v) is 3.74. The van der Waals surface area contributed by atoms with E-state index in [9.17, 15) is 4.79 Å². The highest BCUT2D eigenvalue weighted by Crippen LogP contribution is 2.16. The molecule has 1 heterocycles. The van der Waals surface area contributed by atoms with Gasteiger partial charge in [0.15, 0.2) is 5.78 Å². The molecule has 0 saturated carbocycles. The number of hydrogen-bond acceptors (Lipinski definition) is 3. The maximum atomic E-state index is 12.2. The standard InChI is InChI=1S/C15H18N2OS/c1-3-9-17-10-8-16-15(17)11-14(18)12-4-6-13(19-2)7-5-12/h4-8,10H,3,9,11H2,1-2H3. The molecule has 0 aliphatic heterocycles. The van der Waals surface area contributed by atoms with Gasteiger partial charge in [-0.3, -0.25) is 4.79 Å². The van der Waals surface area contributed by atoms with Crippen molar-refractivity contribution in [3.8, 4) is 0 Å². The Labute approximate surface area is 118 Å². The summed E-state index contributed by atoms with van der Waals surface area (Å²) in [6.07, 6.45) is 7.13. The fraction of sp³-hybridized carbons (Fsp3) is 0.333. The highest BCUT2D eigenvalue weighted by atomic mass is 32.2. The molecule has 0 aliphatic carbocycles. The van der Waals surface area contributed by atoms with Crippen LogP contribution in [0, 0.1) is 0 Å². The quantitative estimate of drug-likeness (QED) is 0.598. The Morgan fingerprint density at radius 3 is 2.68 bits per heavy atom. The second-order valence-corrected chi connectivity index (χ2v) is 5.24. The number of nitrogens with zero attached hydrogens (tertiary/aromatic N) is 2. The number of rotatable bonds is 6. The number of carbonyl (C=O) groups excluding carboxylic acids is 1. The number of carbonyl (C=O) groups is 1. The number of aryl methyl sites for hydroxylation is 1. The van der Waals surface area contributed by atoms with Crippen LogP contribution in [-0.4, -0.2) is 21.6 Å². The normalized spacial score (nSPS) is 10.6. The molecule has 0 unspecified atom stereocenters. The van der Waals surface area contributed by atoms with E-state index in [1.54, 1.807) is 18.0 Å². The first-order valence-electron chi connectivity index (χ1n) is 6.42.